The van der Waals surface area contributed by atoms with Gasteiger partial charge in [0.1, 0.15) is 5.69 Å². The van der Waals surface area contributed by atoms with Gasteiger partial charge in [0.2, 0.25) is 0 Å². The third kappa shape index (κ3) is 4.88. The molecule has 0 aliphatic carbocycles. The molecule has 4 heteroatoms. The fourth-order valence-electron chi connectivity index (χ4n) is 4.98. The first kappa shape index (κ1) is 24.1. The number of fused-ring (bicyclic) bond motifs is 1. The van der Waals surface area contributed by atoms with Crippen molar-refractivity contribution in [3.63, 3.8) is 0 Å². The second kappa shape index (κ2) is 10.6. The van der Waals surface area contributed by atoms with E-state index in [0.717, 1.165) is 28.4 Å². The summed E-state index contributed by atoms with van der Waals surface area (Å²) in [5.41, 5.74) is 8.11. The molecule has 0 spiro atoms. The number of hydrogen-bond acceptors (Lipinski definition) is 4. The van der Waals surface area contributed by atoms with Crippen LogP contribution in [0.5, 0.6) is 0 Å². The van der Waals surface area contributed by atoms with E-state index in [1.807, 2.05) is 25.2 Å². The van der Waals surface area contributed by atoms with Crippen LogP contribution in [0.1, 0.15) is 0 Å². The van der Waals surface area contributed by atoms with Gasteiger partial charge in [-0.15, -0.1) is 4.91 Å². The van der Waals surface area contributed by atoms with E-state index < -0.39 is 0 Å². The highest BCUT2D eigenvalue weighted by Crippen LogP contribution is 2.40. The Balaban J connectivity index is 1.41. The van der Waals surface area contributed by atoms with Crippen LogP contribution in [0.25, 0.3) is 21.9 Å². The van der Waals surface area contributed by atoms with Gasteiger partial charge in [-0.1, -0.05) is 78.9 Å². The van der Waals surface area contributed by atoms with Gasteiger partial charge in [0.15, 0.2) is 0 Å². The standard InChI is InChI=1S/C35H27N3O/c1-37(30-20-16-29(36-39)17-21-30)31-22-24-33(25-23-31)38(35-13-7-11-28-10-5-6-12-34(28)35)32-18-14-27(15-19-32)26-8-3-2-4-9-26/h2-25H,1H3. The van der Waals surface area contributed by atoms with E-state index in [1.165, 1.54) is 21.9 Å². The summed E-state index contributed by atoms with van der Waals surface area (Å²) < 4.78 is 0. The minimum atomic E-state index is 0.423. The van der Waals surface area contributed by atoms with Crippen LogP contribution < -0.4 is 9.80 Å². The molecule has 4 nitrogen and oxygen atoms in total. The lowest BCUT2D eigenvalue weighted by molar-refractivity contribution is 1.20. The average molecular weight is 506 g/mol. The highest BCUT2D eigenvalue weighted by Gasteiger charge is 2.16. The Labute approximate surface area is 228 Å². The lowest BCUT2D eigenvalue weighted by Gasteiger charge is -2.28. The van der Waals surface area contributed by atoms with E-state index in [2.05, 4.69) is 130 Å². The molecule has 0 radical (unpaired) electrons. The Morgan fingerprint density at radius 1 is 0.487 bits per heavy atom. The lowest BCUT2D eigenvalue weighted by atomic mass is 10.0. The van der Waals surface area contributed by atoms with Gasteiger partial charge in [0, 0.05) is 35.2 Å². The molecule has 0 aliphatic heterocycles. The van der Waals surface area contributed by atoms with Crippen LogP contribution in [0, 0.1) is 4.91 Å². The summed E-state index contributed by atoms with van der Waals surface area (Å²) in [5.74, 6) is 0. The third-order valence-corrected chi connectivity index (χ3v) is 7.08. The summed E-state index contributed by atoms with van der Waals surface area (Å²) in [4.78, 5) is 15.2. The van der Waals surface area contributed by atoms with Crippen LogP contribution in [0.15, 0.2) is 151 Å². The minimum Gasteiger partial charge on any atom is -0.345 e. The van der Waals surface area contributed by atoms with Gasteiger partial charge in [-0.2, -0.15) is 0 Å². The van der Waals surface area contributed by atoms with Gasteiger partial charge >= 0.3 is 0 Å². The lowest BCUT2D eigenvalue weighted by Crippen LogP contribution is -2.12. The smallest absolute Gasteiger partial charge is 0.108 e. The molecule has 0 amide bonds. The van der Waals surface area contributed by atoms with Gasteiger partial charge in [-0.05, 0) is 88.4 Å². The summed E-state index contributed by atoms with van der Waals surface area (Å²) in [6.07, 6.45) is 0. The van der Waals surface area contributed by atoms with Crippen LogP contribution in [0.2, 0.25) is 0 Å². The predicted octanol–water partition coefficient (Wildman–Crippen LogP) is 10.1. The maximum absolute atomic E-state index is 10.8. The SMILES string of the molecule is CN(c1ccc(N=O)cc1)c1ccc(N(c2ccc(-c3ccccc3)cc2)c2cccc3ccccc23)cc1. The Hall–Kier alpha value is -5.22. The van der Waals surface area contributed by atoms with Gasteiger partial charge < -0.3 is 9.80 Å². The topological polar surface area (TPSA) is 35.9 Å². The Kier molecular flexibility index (Phi) is 6.59. The van der Waals surface area contributed by atoms with E-state index in [-0.39, 0.29) is 0 Å². The van der Waals surface area contributed by atoms with Crippen molar-refractivity contribution in [1.29, 1.82) is 0 Å². The average Bonchev–Trinajstić information content (AvgIpc) is 3.02. The molecule has 6 aromatic rings. The van der Waals surface area contributed by atoms with E-state index in [9.17, 15) is 4.91 Å². The molecular formula is C35H27N3O. The van der Waals surface area contributed by atoms with Gasteiger partial charge in [-0.25, -0.2) is 0 Å². The monoisotopic (exact) mass is 505 g/mol. The maximum Gasteiger partial charge on any atom is 0.108 e. The zero-order valence-electron chi connectivity index (χ0n) is 21.6. The Morgan fingerprint density at radius 3 is 1.67 bits per heavy atom. The number of nitroso groups, excluding NO2 is 1. The number of hydrogen-bond donors (Lipinski definition) is 0. The predicted molar refractivity (Wildman–Crippen MR) is 164 cm³/mol. The van der Waals surface area contributed by atoms with Crippen molar-refractivity contribution in [3.05, 3.63) is 150 Å². The van der Waals surface area contributed by atoms with E-state index >= 15 is 0 Å². The van der Waals surface area contributed by atoms with Crippen LogP contribution in [0.4, 0.5) is 34.1 Å². The molecule has 0 saturated carbocycles. The minimum absolute atomic E-state index is 0.423. The zero-order chi connectivity index (χ0) is 26.6. The number of nitrogens with zero attached hydrogens (tertiary/aromatic N) is 3. The van der Waals surface area contributed by atoms with Crippen molar-refractivity contribution in [2.45, 2.75) is 0 Å². The van der Waals surface area contributed by atoms with E-state index in [1.54, 1.807) is 12.1 Å². The molecule has 0 heterocycles. The molecule has 6 rings (SSSR count). The van der Waals surface area contributed by atoms with Gasteiger partial charge in [0.25, 0.3) is 0 Å². The zero-order valence-corrected chi connectivity index (χ0v) is 21.6. The molecule has 0 aliphatic rings. The molecule has 0 atom stereocenters. The van der Waals surface area contributed by atoms with Gasteiger partial charge in [-0.3, -0.25) is 0 Å². The molecular weight excluding hydrogens is 478 g/mol. The third-order valence-electron chi connectivity index (χ3n) is 7.08. The molecule has 0 bridgehead atoms. The Bertz CT molecular complexity index is 1710. The fraction of sp³-hybridized carbons (Fsp3) is 0.0286. The molecule has 0 aromatic heterocycles. The van der Waals surface area contributed by atoms with Crippen LogP contribution in [-0.2, 0) is 0 Å². The van der Waals surface area contributed by atoms with E-state index in [0.29, 0.717) is 5.69 Å². The molecule has 188 valence electrons. The van der Waals surface area contributed by atoms with Crippen molar-refractivity contribution in [2.75, 3.05) is 16.8 Å². The quantitative estimate of drug-likeness (QED) is 0.203. The van der Waals surface area contributed by atoms with Gasteiger partial charge in [0.05, 0.1) is 5.69 Å². The Morgan fingerprint density at radius 2 is 1.00 bits per heavy atom. The summed E-state index contributed by atoms with van der Waals surface area (Å²) in [6, 6.07) is 49.9. The first-order chi connectivity index (χ1) is 19.2. The highest BCUT2D eigenvalue weighted by molar-refractivity contribution is 5.99. The molecule has 0 saturated heterocycles. The summed E-state index contributed by atoms with van der Waals surface area (Å²) >= 11 is 0. The first-order valence-electron chi connectivity index (χ1n) is 12.9. The summed E-state index contributed by atoms with van der Waals surface area (Å²) in [5, 5.41) is 5.39. The number of benzene rings is 6. The number of rotatable bonds is 7. The first-order valence-corrected chi connectivity index (χ1v) is 12.9. The van der Waals surface area contributed by atoms with Crippen molar-refractivity contribution in [2.24, 2.45) is 5.18 Å². The van der Waals surface area contributed by atoms with Crippen molar-refractivity contribution >= 4 is 44.9 Å². The van der Waals surface area contributed by atoms with Crippen LogP contribution in [0.3, 0.4) is 0 Å². The maximum atomic E-state index is 10.8. The highest BCUT2D eigenvalue weighted by atomic mass is 16.3. The second-order valence-electron chi connectivity index (χ2n) is 9.43. The number of anilines is 5. The molecule has 39 heavy (non-hydrogen) atoms. The van der Waals surface area contributed by atoms with Crippen molar-refractivity contribution in [1.82, 2.24) is 0 Å². The second-order valence-corrected chi connectivity index (χ2v) is 9.43. The van der Waals surface area contributed by atoms with Crippen molar-refractivity contribution < 1.29 is 0 Å². The fourth-order valence-corrected chi connectivity index (χ4v) is 4.98. The molecule has 0 unspecified atom stereocenters. The summed E-state index contributed by atoms with van der Waals surface area (Å²) in [6.45, 7) is 0. The normalized spacial score (nSPS) is 10.8. The molecule has 0 fully saturated rings. The largest absolute Gasteiger partial charge is 0.345 e. The van der Waals surface area contributed by atoms with Crippen molar-refractivity contribution in [3.8, 4) is 11.1 Å². The molecule has 6 aromatic carbocycles. The van der Waals surface area contributed by atoms with E-state index in [4.69, 9.17) is 0 Å². The summed E-state index contributed by atoms with van der Waals surface area (Å²) in [7, 11) is 2.02. The van der Waals surface area contributed by atoms with Crippen LogP contribution >= 0.6 is 0 Å². The van der Waals surface area contributed by atoms with Crippen LogP contribution in [-0.4, -0.2) is 7.05 Å². The molecule has 0 N–H and O–H groups in total.